The van der Waals surface area contributed by atoms with Crippen LogP contribution >= 0.6 is 11.3 Å². The molecular weight excluding hydrogens is 438 g/mol. The molecule has 1 saturated carbocycles. The number of ether oxygens (including phenoxy) is 1. The van der Waals surface area contributed by atoms with Crippen molar-refractivity contribution in [3.63, 3.8) is 0 Å². The van der Waals surface area contributed by atoms with Gasteiger partial charge in [-0.1, -0.05) is 12.1 Å². The Labute approximate surface area is 195 Å². The lowest BCUT2D eigenvalue weighted by Crippen LogP contribution is -2.22. The molecule has 4 aromatic rings. The van der Waals surface area contributed by atoms with Crippen molar-refractivity contribution in [2.45, 2.75) is 31.8 Å². The molecule has 170 valence electrons. The van der Waals surface area contributed by atoms with E-state index in [1.165, 1.54) is 22.7 Å². The summed E-state index contributed by atoms with van der Waals surface area (Å²) in [5.74, 6) is 1.59. The zero-order chi connectivity index (χ0) is 22.9. The monoisotopic (exact) mass is 463 g/mol. The minimum atomic E-state index is -0.981. The second-order valence-electron chi connectivity index (χ2n) is 8.14. The Bertz CT molecular complexity index is 1290. The number of nitrogens with one attached hydrogen (secondary N) is 1. The van der Waals surface area contributed by atoms with E-state index >= 15 is 0 Å². The van der Waals surface area contributed by atoms with Crippen molar-refractivity contribution in [1.82, 2.24) is 14.5 Å². The van der Waals surface area contributed by atoms with Crippen LogP contribution in [0.4, 0.5) is 15.6 Å². The van der Waals surface area contributed by atoms with Gasteiger partial charge in [-0.05, 0) is 49.1 Å². The lowest BCUT2D eigenvalue weighted by atomic mass is 9.93. The van der Waals surface area contributed by atoms with Gasteiger partial charge < -0.3 is 19.7 Å². The number of carboxylic acid groups (broad SMARTS) is 1. The van der Waals surface area contributed by atoms with Crippen LogP contribution in [-0.4, -0.2) is 39.9 Å². The van der Waals surface area contributed by atoms with Crippen LogP contribution in [0.25, 0.3) is 21.5 Å². The van der Waals surface area contributed by atoms with Crippen LogP contribution in [0.2, 0.25) is 0 Å². The summed E-state index contributed by atoms with van der Waals surface area (Å²) in [7, 11) is 3.21. The number of hydrogen-bond acceptors (Lipinski definition) is 6. The van der Waals surface area contributed by atoms with E-state index < -0.39 is 6.09 Å². The molecule has 0 aliphatic heterocycles. The molecule has 0 saturated heterocycles. The van der Waals surface area contributed by atoms with Crippen LogP contribution in [0.15, 0.2) is 48.9 Å². The molecule has 0 unspecified atom stereocenters. The molecule has 1 fully saturated rings. The highest BCUT2D eigenvalue weighted by molar-refractivity contribution is 7.19. The normalized spacial score (nSPS) is 13.6. The Morgan fingerprint density at radius 3 is 2.70 bits per heavy atom. The van der Waals surface area contributed by atoms with Crippen molar-refractivity contribution in [2.75, 3.05) is 24.4 Å². The molecule has 0 radical (unpaired) electrons. The number of hydrogen-bond donors (Lipinski definition) is 2. The van der Waals surface area contributed by atoms with Crippen molar-refractivity contribution >= 4 is 39.3 Å². The molecule has 5 rings (SSSR count). The molecule has 1 aromatic carbocycles. The maximum Gasteiger partial charge on any atom is 0.412 e. The molecule has 1 amide bonds. The first kappa shape index (κ1) is 21.3. The summed E-state index contributed by atoms with van der Waals surface area (Å²) in [5.41, 5.74) is 3.04. The molecule has 3 heterocycles. The van der Waals surface area contributed by atoms with Crippen molar-refractivity contribution in [1.29, 1.82) is 0 Å². The number of thiophene rings is 1. The minimum Gasteiger partial charge on any atom is -0.497 e. The van der Waals surface area contributed by atoms with E-state index in [-0.39, 0.29) is 0 Å². The Morgan fingerprint density at radius 2 is 2.03 bits per heavy atom. The number of nitrogens with zero attached hydrogens (tertiary/aromatic N) is 4. The minimum absolute atomic E-state index is 0.437. The van der Waals surface area contributed by atoms with E-state index in [1.54, 1.807) is 20.5 Å². The molecule has 2 N–H and O–H groups in total. The smallest absolute Gasteiger partial charge is 0.412 e. The number of amides is 1. The fraction of sp³-hybridized carbons (Fsp3) is 0.292. The number of carbonyl (C=O) groups is 1. The third kappa shape index (κ3) is 4.00. The number of methoxy groups -OCH3 is 1. The van der Waals surface area contributed by atoms with Crippen LogP contribution in [0.5, 0.6) is 5.75 Å². The summed E-state index contributed by atoms with van der Waals surface area (Å²) in [5, 5.41) is 14.5. The topological polar surface area (TPSA) is 92.5 Å². The van der Waals surface area contributed by atoms with Crippen LogP contribution in [0.1, 0.15) is 30.9 Å². The molecule has 1 aliphatic rings. The predicted molar refractivity (Wildman–Crippen MR) is 130 cm³/mol. The number of rotatable bonds is 7. The second-order valence-corrected chi connectivity index (χ2v) is 9.20. The van der Waals surface area contributed by atoms with Gasteiger partial charge >= 0.3 is 6.09 Å². The Morgan fingerprint density at radius 1 is 1.24 bits per heavy atom. The predicted octanol–water partition coefficient (Wildman–Crippen LogP) is 5.62. The number of fused-ring (bicyclic) bond motifs is 1. The zero-order valence-electron chi connectivity index (χ0n) is 18.5. The zero-order valence-corrected chi connectivity index (χ0v) is 19.3. The Kier molecular flexibility index (Phi) is 5.63. The Hall–Kier alpha value is -3.59. The number of anilines is 2. The van der Waals surface area contributed by atoms with Crippen molar-refractivity contribution in [3.05, 3.63) is 54.5 Å². The highest BCUT2D eigenvalue weighted by Gasteiger charge is 2.26. The van der Waals surface area contributed by atoms with Crippen LogP contribution in [-0.2, 0) is 6.54 Å². The summed E-state index contributed by atoms with van der Waals surface area (Å²) >= 11 is 1.45. The van der Waals surface area contributed by atoms with Gasteiger partial charge in [0.2, 0.25) is 0 Å². The SMILES string of the molecule is COc1ccc(CNc2ncnc3c2c(-c2ccc(N(C)C(=O)O)s2)cn3C2CCC2)cc1. The van der Waals surface area contributed by atoms with Gasteiger partial charge in [0.15, 0.2) is 0 Å². The average Bonchev–Trinajstić information content (AvgIpc) is 3.42. The number of aromatic nitrogens is 3. The van der Waals surface area contributed by atoms with Gasteiger partial charge in [0.05, 0.1) is 12.5 Å². The molecular formula is C24H25N5O3S. The molecule has 8 nitrogen and oxygen atoms in total. The summed E-state index contributed by atoms with van der Waals surface area (Å²) in [6.45, 7) is 0.613. The van der Waals surface area contributed by atoms with Gasteiger partial charge in [-0.15, -0.1) is 11.3 Å². The molecule has 1 aliphatic carbocycles. The summed E-state index contributed by atoms with van der Waals surface area (Å²) in [6.07, 6.45) is 6.28. The van der Waals surface area contributed by atoms with E-state index in [2.05, 4.69) is 26.0 Å². The largest absolute Gasteiger partial charge is 0.497 e. The highest BCUT2D eigenvalue weighted by Crippen LogP contribution is 2.43. The van der Waals surface area contributed by atoms with Gasteiger partial charge in [0.1, 0.15) is 28.5 Å². The van der Waals surface area contributed by atoms with Gasteiger partial charge in [0.25, 0.3) is 0 Å². The summed E-state index contributed by atoms with van der Waals surface area (Å²) in [4.78, 5) is 22.8. The first-order valence-electron chi connectivity index (χ1n) is 10.8. The van der Waals surface area contributed by atoms with Crippen molar-refractivity contribution in [3.8, 4) is 16.2 Å². The fourth-order valence-corrected chi connectivity index (χ4v) is 5.00. The Balaban J connectivity index is 1.54. The van der Waals surface area contributed by atoms with Crippen molar-refractivity contribution < 1.29 is 14.6 Å². The molecule has 9 heteroatoms. The van der Waals surface area contributed by atoms with Crippen molar-refractivity contribution in [2.24, 2.45) is 0 Å². The molecule has 0 atom stereocenters. The van der Waals surface area contributed by atoms with Crippen LogP contribution in [0.3, 0.4) is 0 Å². The summed E-state index contributed by atoms with van der Waals surface area (Å²) < 4.78 is 7.50. The molecule has 0 spiro atoms. The van der Waals surface area contributed by atoms with Gasteiger partial charge in [-0.2, -0.15) is 0 Å². The van der Waals surface area contributed by atoms with Gasteiger partial charge in [-0.3, -0.25) is 4.90 Å². The third-order valence-electron chi connectivity index (χ3n) is 6.17. The lowest BCUT2D eigenvalue weighted by molar-refractivity contribution is 0.203. The first-order chi connectivity index (χ1) is 16.0. The third-order valence-corrected chi connectivity index (χ3v) is 7.37. The summed E-state index contributed by atoms with van der Waals surface area (Å²) in [6, 6.07) is 12.2. The van der Waals surface area contributed by atoms with E-state index in [4.69, 9.17) is 4.74 Å². The lowest BCUT2D eigenvalue weighted by Gasteiger charge is -2.27. The maximum atomic E-state index is 11.4. The molecule has 0 bridgehead atoms. The van der Waals surface area contributed by atoms with E-state index in [0.29, 0.717) is 17.6 Å². The second kappa shape index (κ2) is 8.74. The average molecular weight is 464 g/mol. The first-order valence-corrected chi connectivity index (χ1v) is 11.7. The van der Waals surface area contributed by atoms with Crippen LogP contribution < -0.4 is 15.0 Å². The van der Waals surface area contributed by atoms with Crippen LogP contribution in [0, 0.1) is 0 Å². The molecule has 3 aromatic heterocycles. The van der Waals surface area contributed by atoms with E-state index in [0.717, 1.165) is 51.4 Å². The standard InChI is InChI=1S/C24H25N5O3S/c1-28(24(30)31)20-11-10-19(33-20)18-13-29(16-4-3-5-16)23-21(18)22(26-14-27-23)25-12-15-6-8-17(32-2)9-7-15/h6-11,13-14,16H,3-5,12H2,1-2H3,(H,30,31)(H,25,26,27). The quantitative estimate of drug-likeness (QED) is 0.370. The molecule has 33 heavy (non-hydrogen) atoms. The van der Waals surface area contributed by atoms with E-state index in [1.807, 2.05) is 36.4 Å². The maximum absolute atomic E-state index is 11.4. The van der Waals surface area contributed by atoms with Gasteiger partial charge in [-0.25, -0.2) is 14.8 Å². The van der Waals surface area contributed by atoms with Gasteiger partial charge in [0, 0.05) is 36.3 Å². The number of benzene rings is 1. The fourth-order valence-electron chi connectivity index (χ4n) is 4.03. The highest BCUT2D eigenvalue weighted by atomic mass is 32.1. The van der Waals surface area contributed by atoms with E-state index in [9.17, 15) is 9.90 Å².